The summed E-state index contributed by atoms with van der Waals surface area (Å²) < 4.78 is 34.2. The lowest BCUT2D eigenvalue weighted by molar-refractivity contribution is -0.870. The fourth-order valence-corrected chi connectivity index (χ4v) is 8.88. The van der Waals surface area contributed by atoms with E-state index >= 15 is 0 Å². The molecule has 2 atom stereocenters. The summed E-state index contributed by atoms with van der Waals surface area (Å²) in [5.41, 5.74) is 0. The van der Waals surface area contributed by atoms with Crippen LogP contribution in [-0.4, -0.2) is 70.0 Å². The number of phosphoric acid groups is 1. The van der Waals surface area contributed by atoms with E-state index in [1.54, 1.807) is 0 Å². The second-order valence-corrected chi connectivity index (χ2v) is 22.4. The molecule has 10 heteroatoms. The molecule has 0 fully saturated rings. The van der Waals surface area contributed by atoms with Gasteiger partial charge in [0.25, 0.3) is 7.82 Å². The van der Waals surface area contributed by atoms with Crippen LogP contribution in [-0.2, 0) is 32.7 Å². The minimum absolute atomic E-state index is 0.0347. The summed E-state index contributed by atoms with van der Waals surface area (Å²) in [7, 11) is 1.16. The van der Waals surface area contributed by atoms with E-state index in [-0.39, 0.29) is 32.0 Å². The summed E-state index contributed by atoms with van der Waals surface area (Å²) in [5, 5.41) is 0. The normalized spacial score (nSPS) is 13.8. The van der Waals surface area contributed by atoms with Gasteiger partial charge in [-0.3, -0.25) is 14.2 Å². The Kier molecular flexibility index (Phi) is 51.4. The van der Waals surface area contributed by atoms with Crippen molar-refractivity contribution in [2.45, 2.75) is 264 Å². The molecule has 9 nitrogen and oxygen atoms in total. The summed E-state index contributed by atoms with van der Waals surface area (Å²) in [4.78, 5) is 37.9. The number of carbonyl (C=O) groups is 2. The van der Waals surface area contributed by atoms with Crippen LogP contribution in [0.25, 0.3) is 0 Å². The van der Waals surface area contributed by atoms with Crippen molar-refractivity contribution in [3.05, 3.63) is 72.9 Å². The summed E-state index contributed by atoms with van der Waals surface area (Å²) >= 11 is 0. The zero-order chi connectivity index (χ0) is 52.7. The molecule has 0 aliphatic heterocycles. The number of allylic oxidation sites excluding steroid dienone is 12. The topological polar surface area (TPSA) is 111 Å². The highest BCUT2D eigenvalue weighted by atomic mass is 31.2. The van der Waals surface area contributed by atoms with Gasteiger partial charge < -0.3 is 27.9 Å². The van der Waals surface area contributed by atoms with Crippen molar-refractivity contribution in [1.82, 2.24) is 0 Å². The second kappa shape index (κ2) is 53.3. The Bertz CT molecular complexity index is 1450. The maximum absolute atomic E-state index is 12.8. The Morgan fingerprint density at radius 3 is 1.18 bits per heavy atom. The average Bonchev–Trinajstić information content (AvgIpc) is 3.34. The van der Waals surface area contributed by atoms with Crippen LogP contribution in [0.5, 0.6) is 0 Å². The van der Waals surface area contributed by atoms with Gasteiger partial charge in [-0.2, -0.15) is 0 Å². The fraction of sp³-hybridized carbons (Fsp3) is 0.774. The van der Waals surface area contributed by atoms with E-state index in [2.05, 4.69) is 86.8 Å². The van der Waals surface area contributed by atoms with Crippen molar-refractivity contribution in [2.75, 3.05) is 47.5 Å². The Balaban J connectivity index is 4.14. The highest BCUT2D eigenvalue weighted by molar-refractivity contribution is 7.45. The van der Waals surface area contributed by atoms with Crippen LogP contribution in [0.1, 0.15) is 258 Å². The number of likely N-dealkylation sites (N-methyl/N-ethyl adjacent to an activating group) is 1. The highest BCUT2D eigenvalue weighted by Crippen LogP contribution is 2.38. The largest absolute Gasteiger partial charge is 0.756 e. The van der Waals surface area contributed by atoms with Crippen LogP contribution in [0.3, 0.4) is 0 Å². The summed E-state index contributed by atoms with van der Waals surface area (Å²) in [6.07, 6.45) is 69.5. The van der Waals surface area contributed by atoms with Crippen molar-refractivity contribution in [1.29, 1.82) is 0 Å². The SMILES string of the molecule is CC/C=C\C/C=C\C/C=C\C/C=C\CCCCCCCCCCC(=O)OC(COC(=O)CCCCCCCCCCCCCCCCC/C=C\C/C=C\CCCCCCC)COP(=O)([O-])OCC[N+](C)(C)C. The minimum Gasteiger partial charge on any atom is -0.756 e. The third-order valence-corrected chi connectivity index (χ3v) is 13.7. The first-order valence-corrected chi connectivity index (χ1v) is 31.1. The van der Waals surface area contributed by atoms with Crippen molar-refractivity contribution >= 4 is 19.8 Å². The fourth-order valence-electron chi connectivity index (χ4n) is 8.15. The van der Waals surface area contributed by atoms with Crippen molar-refractivity contribution in [3.63, 3.8) is 0 Å². The zero-order valence-electron chi connectivity index (χ0n) is 47.4. The minimum atomic E-state index is -4.64. The third kappa shape index (κ3) is 56.7. The first-order valence-electron chi connectivity index (χ1n) is 29.6. The van der Waals surface area contributed by atoms with Crippen LogP contribution < -0.4 is 4.89 Å². The molecule has 0 radical (unpaired) electrons. The Morgan fingerprint density at radius 2 is 0.792 bits per heavy atom. The van der Waals surface area contributed by atoms with Crippen molar-refractivity contribution < 1.29 is 42.1 Å². The zero-order valence-corrected chi connectivity index (χ0v) is 48.3. The molecular formula is C62H112NO8P. The summed E-state index contributed by atoms with van der Waals surface area (Å²) in [5.74, 6) is -0.839. The lowest BCUT2D eigenvalue weighted by atomic mass is 10.0. The van der Waals surface area contributed by atoms with Gasteiger partial charge in [0.15, 0.2) is 6.10 Å². The van der Waals surface area contributed by atoms with E-state index in [1.165, 1.54) is 148 Å². The van der Waals surface area contributed by atoms with Gasteiger partial charge in [0.1, 0.15) is 19.8 Å². The average molecular weight is 1030 g/mol. The maximum Gasteiger partial charge on any atom is 0.306 e. The molecule has 0 aliphatic carbocycles. The highest BCUT2D eigenvalue weighted by Gasteiger charge is 2.22. The molecule has 2 unspecified atom stereocenters. The monoisotopic (exact) mass is 1030 g/mol. The molecule has 0 heterocycles. The molecular weight excluding hydrogens is 918 g/mol. The van der Waals surface area contributed by atoms with Crippen LogP contribution in [0, 0.1) is 0 Å². The maximum atomic E-state index is 12.8. The molecule has 0 rings (SSSR count). The van der Waals surface area contributed by atoms with Crippen LogP contribution in [0.4, 0.5) is 0 Å². The van der Waals surface area contributed by atoms with Crippen molar-refractivity contribution in [2.24, 2.45) is 0 Å². The molecule has 72 heavy (non-hydrogen) atoms. The molecule has 0 saturated carbocycles. The molecule has 0 aromatic carbocycles. The molecule has 0 amide bonds. The van der Waals surface area contributed by atoms with Crippen LogP contribution in [0.2, 0.25) is 0 Å². The van der Waals surface area contributed by atoms with E-state index in [4.69, 9.17) is 18.5 Å². The number of phosphoric ester groups is 1. The number of hydrogen-bond donors (Lipinski definition) is 0. The first-order chi connectivity index (χ1) is 35.0. The van der Waals surface area contributed by atoms with Gasteiger partial charge in [-0.1, -0.05) is 234 Å². The van der Waals surface area contributed by atoms with E-state index in [0.29, 0.717) is 17.4 Å². The molecule has 0 aromatic rings. The third-order valence-electron chi connectivity index (χ3n) is 12.7. The Morgan fingerprint density at radius 1 is 0.444 bits per heavy atom. The molecule has 0 N–H and O–H groups in total. The lowest BCUT2D eigenvalue weighted by Gasteiger charge is -2.28. The molecule has 0 aromatic heterocycles. The molecule has 0 saturated heterocycles. The number of ether oxygens (including phenoxy) is 2. The number of carbonyl (C=O) groups excluding carboxylic acids is 2. The Labute approximate surface area is 444 Å². The molecule has 0 spiro atoms. The van der Waals surface area contributed by atoms with Gasteiger partial charge in [-0.05, 0) is 83.5 Å². The number of hydrogen-bond acceptors (Lipinski definition) is 8. The second-order valence-electron chi connectivity index (χ2n) is 21.0. The number of quaternary nitrogens is 1. The number of rotatable bonds is 54. The smallest absolute Gasteiger partial charge is 0.306 e. The molecule has 0 aliphatic rings. The summed E-state index contributed by atoms with van der Waals surface area (Å²) in [6.45, 7) is 4.13. The summed E-state index contributed by atoms with van der Waals surface area (Å²) in [6, 6.07) is 0. The van der Waals surface area contributed by atoms with E-state index in [1.807, 2.05) is 21.1 Å². The number of nitrogens with zero attached hydrogens (tertiary/aromatic N) is 1. The quantitative estimate of drug-likeness (QED) is 0.0195. The lowest BCUT2D eigenvalue weighted by Crippen LogP contribution is -2.37. The molecule has 418 valence electrons. The van der Waals surface area contributed by atoms with Crippen LogP contribution in [0.15, 0.2) is 72.9 Å². The van der Waals surface area contributed by atoms with Gasteiger partial charge >= 0.3 is 11.9 Å². The molecule has 0 bridgehead atoms. The van der Waals surface area contributed by atoms with Crippen molar-refractivity contribution in [3.8, 4) is 0 Å². The van der Waals surface area contributed by atoms with E-state index < -0.39 is 26.5 Å². The standard InChI is InChI=1S/C62H112NO8P/c1-6-8-10-12-14-16-18-20-22-24-26-28-29-30-31-32-33-35-36-38-40-42-44-46-48-50-52-54-61(64)68-58-60(59-70-72(66,67)69-57-56-63(3,4)5)71-62(65)55-53-51-49-47-45-43-41-39-37-34-27-25-23-21-19-17-15-13-11-9-7-2/h9,11,15,17-18,20-21,23-24,26-27,34,60H,6-8,10,12-14,16,19,22,25,28-33,35-59H2,1-5H3/b11-9-,17-15-,20-18-,23-21-,26-24-,34-27-. The predicted octanol–water partition coefficient (Wildman–Crippen LogP) is 17.8. The van der Waals surface area contributed by atoms with Gasteiger partial charge in [0.2, 0.25) is 0 Å². The van der Waals surface area contributed by atoms with Gasteiger partial charge in [-0.15, -0.1) is 0 Å². The van der Waals surface area contributed by atoms with Gasteiger partial charge in [0.05, 0.1) is 27.7 Å². The van der Waals surface area contributed by atoms with E-state index in [9.17, 15) is 19.0 Å². The van der Waals surface area contributed by atoms with Gasteiger partial charge in [0, 0.05) is 12.8 Å². The van der Waals surface area contributed by atoms with E-state index in [0.717, 1.165) is 77.0 Å². The first kappa shape index (κ1) is 69.5. The van der Waals surface area contributed by atoms with Crippen LogP contribution >= 0.6 is 7.82 Å². The van der Waals surface area contributed by atoms with Gasteiger partial charge in [-0.25, -0.2) is 0 Å². The Hall–Kier alpha value is -2.55. The number of esters is 2. The number of unbranched alkanes of at least 4 members (excludes halogenated alkanes) is 28. The predicted molar refractivity (Wildman–Crippen MR) is 305 cm³/mol.